The summed E-state index contributed by atoms with van der Waals surface area (Å²) >= 11 is 0. The fourth-order valence-corrected chi connectivity index (χ4v) is 1.12. The third-order valence-corrected chi connectivity index (χ3v) is 1.83. The van der Waals surface area contributed by atoms with Gasteiger partial charge in [-0.2, -0.15) is 0 Å². The summed E-state index contributed by atoms with van der Waals surface area (Å²) in [5, 5.41) is 0. The fourth-order valence-electron chi connectivity index (χ4n) is 0.827. The van der Waals surface area contributed by atoms with Gasteiger partial charge >= 0.3 is 0 Å². The zero-order valence-electron chi connectivity index (χ0n) is 6.73. The van der Waals surface area contributed by atoms with Crippen LogP contribution < -0.4 is 0 Å². The second-order valence-electron chi connectivity index (χ2n) is 2.36. The number of hydrogen-bond donors (Lipinski definition) is 0. The Bertz CT molecular complexity index is 95.9. The molecule has 10 heavy (non-hydrogen) atoms. The van der Waals surface area contributed by atoms with Crippen molar-refractivity contribution in [2.24, 2.45) is 0 Å². The highest BCUT2D eigenvalue weighted by Crippen LogP contribution is 2.01. The van der Waals surface area contributed by atoms with Crippen LogP contribution in [-0.4, -0.2) is 17.1 Å². The second-order valence-corrected chi connectivity index (χ2v) is 2.94. The van der Waals surface area contributed by atoms with Gasteiger partial charge in [-0.1, -0.05) is 12.8 Å². The predicted octanol–water partition coefficient (Wildman–Crippen LogP) is 0.867. The van der Waals surface area contributed by atoms with Gasteiger partial charge in [0.25, 0.3) is 0 Å². The number of unbranched alkanes of at least 4 members (excludes halogenated alkanes) is 4. The smallest absolute Gasteiger partial charge is 0.145 e. The Balaban J connectivity index is 2.72. The maximum absolute atomic E-state index is 5.10. The van der Waals surface area contributed by atoms with Crippen molar-refractivity contribution in [3.63, 3.8) is 0 Å². The first kappa shape index (κ1) is 9.74. The first-order valence-corrected chi connectivity index (χ1v) is 4.66. The van der Waals surface area contributed by atoms with Gasteiger partial charge in [0.05, 0.1) is 0 Å². The largest absolute Gasteiger partial charge is 0.428 e. The summed E-state index contributed by atoms with van der Waals surface area (Å²) in [5.41, 5.74) is 0. The lowest BCUT2D eigenvalue weighted by molar-refractivity contribution is 0.333. The summed E-state index contributed by atoms with van der Waals surface area (Å²) in [6, 6.07) is 0. The standard InChI is InChI=1S/C8H16OSi/c1-2-3-4-5-6-7-8-9-10/h1H,3-8H2,10H3. The highest BCUT2D eigenvalue weighted by atomic mass is 28.2. The molecule has 0 unspecified atom stereocenters. The lowest BCUT2D eigenvalue weighted by atomic mass is 10.1. The number of rotatable bonds is 6. The summed E-state index contributed by atoms with van der Waals surface area (Å²) in [6.07, 6.45) is 10.9. The van der Waals surface area contributed by atoms with E-state index in [-0.39, 0.29) is 0 Å². The van der Waals surface area contributed by atoms with Crippen molar-refractivity contribution in [2.75, 3.05) is 6.61 Å². The SMILES string of the molecule is C#CCCCCCCO[SiH3]. The van der Waals surface area contributed by atoms with Gasteiger partial charge in [-0.15, -0.1) is 12.3 Å². The maximum atomic E-state index is 5.10. The molecule has 0 bridgehead atoms. The van der Waals surface area contributed by atoms with E-state index >= 15 is 0 Å². The van der Waals surface area contributed by atoms with E-state index in [1.165, 1.54) is 25.7 Å². The molecular weight excluding hydrogens is 140 g/mol. The van der Waals surface area contributed by atoms with Crippen molar-refractivity contribution in [2.45, 2.75) is 32.1 Å². The van der Waals surface area contributed by atoms with Gasteiger partial charge in [0.2, 0.25) is 0 Å². The molecule has 0 saturated heterocycles. The zero-order valence-corrected chi connectivity index (χ0v) is 8.73. The molecule has 0 aromatic rings. The lowest BCUT2D eigenvalue weighted by Gasteiger charge is -1.97. The van der Waals surface area contributed by atoms with Crippen LogP contribution in [-0.2, 0) is 4.43 Å². The molecule has 0 aromatic heterocycles. The van der Waals surface area contributed by atoms with Gasteiger partial charge in [0.1, 0.15) is 10.5 Å². The highest BCUT2D eigenvalue weighted by molar-refractivity contribution is 5.97. The lowest BCUT2D eigenvalue weighted by Crippen LogP contribution is -1.88. The normalized spacial score (nSPS) is 9.50. The van der Waals surface area contributed by atoms with Crippen LogP contribution in [0.5, 0.6) is 0 Å². The van der Waals surface area contributed by atoms with Crippen LogP contribution in [0.15, 0.2) is 0 Å². The molecular formula is C8H16OSi. The molecule has 0 aliphatic carbocycles. The minimum atomic E-state index is 0.877. The molecule has 0 heterocycles. The highest BCUT2D eigenvalue weighted by Gasteiger charge is 1.86. The Morgan fingerprint density at radius 2 is 1.90 bits per heavy atom. The molecule has 0 atom stereocenters. The summed E-state index contributed by atoms with van der Waals surface area (Å²) in [4.78, 5) is 0. The van der Waals surface area contributed by atoms with Crippen LogP contribution in [0.4, 0.5) is 0 Å². The topological polar surface area (TPSA) is 9.23 Å². The van der Waals surface area contributed by atoms with Crippen LogP contribution in [0.2, 0.25) is 0 Å². The van der Waals surface area contributed by atoms with Crippen molar-refractivity contribution in [3.8, 4) is 12.3 Å². The van der Waals surface area contributed by atoms with E-state index in [0.29, 0.717) is 0 Å². The predicted molar refractivity (Wildman–Crippen MR) is 47.8 cm³/mol. The van der Waals surface area contributed by atoms with Crippen LogP contribution in [0.25, 0.3) is 0 Å². The molecule has 1 nitrogen and oxygen atoms in total. The van der Waals surface area contributed by atoms with Gasteiger partial charge in [0, 0.05) is 13.0 Å². The average molecular weight is 156 g/mol. The van der Waals surface area contributed by atoms with Gasteiger partial charge in [0.15, 0.2) is 0 Å². The molecule has 0 spiro atoms. The number of hydrogen-bond acceptors (Lipinski definition) is 1. The van der Waals surface area contributed by atoms with E-state index in [1.54, 1.807) is 0 Å². The van der Waals surface area contributed by atoms with Crippen LogP contribution >= 0.6 is 0 Å². The molecule has 0 aliphatic rings. The molecule has 0 radical (unpaired) electrons. The van der Waals surface area contributed by atoms with Crippen LogP contribution in [0.3, 0.4) is 0 Å². The minimum Gasteiger partial charge on any atom is -0.428 e. The summed E-state index contributed by atoms with van der Waals surface area (Å²) in [5.74, 6) is 2.63. The molecule has 2 heteroatoms. The van der Waals surface area contributed by atoms with Crippen molar-refractivity contribution in [1.29, 1.82) is 0 Å². The monoisotopic (exact) mass is 156 g/mol. The third-order valence-electron chi connectivity index (χ3n) is 1.42. The average Bonchev–Trinajstić information content (AvgIpc) is 1.97. The summed E-state index contributed by atoms with van der Waals surface area (Å²) in [7, 11) is 0.877. The van der Waals surface area contributed by atoms with Gasteiger partial charge in [-0.3, -0.25) is 0 Å². The van der Waals surface area contributed by atoms with E-state index < -0.39 is 0 Å². The van der Waals surface area contributed by atoms with Gasteiger partial charge in [-0.05, 0) is 12.8 Å². The van der Waals surface area contributed by atoms with Crippen LogP contribution in [0, 0.1) is 12.3 Å². The van der Waals surface area contributed by atoms with Crippen LogP contribution in [0.1, 0.15) is 32.1 Å². The first-order chi connectivity index (χ1) is 4.91. The molecule has 0 aliphatic heterocycles. The van der Waals surface area contributed by atoms with E-state index in [2.05, 4.69) is 5.92 Å². The van der Waals surface area contributed by atoms with Crippen molar-refractivity contribution < 1.29 is 4.43 Å². The number of terminal acetylenes is 1. The van der Waals surface area contributed by atoms with E-state index in [4.69, 9.17) is 10.8 Å². The fraction of sp³-hybridized carbons (Fsp3) is 0.750. The molecule has 0 aromatic carbocycles. The minimum absolute atomic E-state index is 0.877. The first-order valence-electron chi connectivity index (χ1n) is 3.84. The Hall–Kier alpha value is -0.263. The summed E-state index contributed by atoms with van der Waals surface area (Å²) in [6.45, 7) is 0.947. The Labute approximate surface area is 66.7 Å². The zero-order chi connectivity index (χ0) is 7.66. The van der Waals surface area contributed by atoms with Crippen molar-refractivity contribution in [1.82, 2.24) is 0 Å². The molecule has 0 rings (SSSR count). The second kappa shape index (κ2) is 8.74. The van der Waals surface area contributed by atoms with E-state index in [9.17, 15) is 0 Å². The Morgan fingerprint density at radius 1 is 1.20 bits per heavy atom. The van der Waals surface area contributed by atoms with E-state index in [0.717, 1.165) is 23.5 Å². The Morgan fingerprint density at radius 3 is 2.50 bits per heavy atom. The summed E-state index contributed by atoms with van der Waals surface area (Å²) < 4.78 is 5.05. The van der Waals surface area contributed by atoms with Gasteiger partial charge in [-0.25, -0.2) is 0 Å². The van der Waals surface area contributed by atoms with Crippen molar-refractivity contribution in [3.05, 3.63) is 0 Å². The van der Waals surface area contributed by atoms with Gasteiger partial charge < -0.3 is 4.43 Å². The molecule has 0 amide bonds. The molecule has 0 fully saturated rings. The quantitative estimate of drug-likeness (QED) is 0.315. The van der Waals surface area contributed by atoms with E-state index in [1.807, 2.05) is 0 Å². The maximum Gasteiger partial charge on any atom is 0.145 e. The molecule has 58 valence electrons. The molecule has 0 N–H and O–H groups in total. The van der Waals surface area contributed by atoms with Crippen molar-refractivity contribution >= 4 is 10.5 Å². The Kier molecular flexibility index (Phi) is 8.51. The molecule has 0 saturated carbocycles. The third kappa shape index (κ3) is 7.74.